The molecule has 0 aliphatic rings. The van der Waals surface area contributed by atoms with Gasteiger partial charge in [0.1, 0.15) is 5.82 Å². The molecule has 3 aromatic carbocycles. The molecule has 0 N–H and O–H groups in total. The van der Waals surface area contributed by atoms with E-state index in [4.69, 9.17) is 5.26 Å². The Kier molecular flexibility index (Phi) is 5.67. The maximum Gasteiger partial charge on any atom is 0.146 e. The lowest BCUT2D eigenvalue weighted by molar-refractivity contribution is 0.636. The van der Waals surface area contributed by atoms with E-state index in [9.17, 15) is 4.39 Å². The van der Waals surface area contributed by atoms with Crippen LogP contribution in [0.1, 0.15) is 48.4 Å². The molecule has 0 aromatic heterocycles. The van der Waals surface area contributed by atoms with E-state index in [1.807, 2.05) is 18.2 Å². The van der Waals surface area contributed by atoms with Crippen LogP contribution in [0.2, 0.25) is 0 Å². The van der Waals surface area contributed by atoms with Gasteiger partial charge in [-0.15, -0.1) is 0 Å². The van der Waals surface area contributed by atoms with E-state index >= 15 is 0 Å². The summed E-state index contributed by atoms with van der Waals surface area (Å²) in [6.07, 6.45) is 4.62. The Morgan fingerprint density at radius 1 is 0.885 bits per heavy atom. The molecule has 0 radical (unpaired) electrons. The molecule has 0 saturated heterocycles. The first-order valence-corrected chi connectivity index (χ1v) is 8.94. The average molecular weight is 341 g/mol. The number of fused-ring (bicyclic) bond motifs is 1. The Bertz CT molecular complexity index is 1010. The number of hydrogen-bond donors (Lipinski definition) is 0. The van der Waals surface area contributed by atoms with Crippen molar-refractivity contribution in [1.29, 1.82) is 5.26 Å². The summed E-state index contributed by atoms with van der Waals surface area (Å²) in [6, 6.07) is 18.7. The van der Waals surface area contributed by atoms with Crippen molar-refractivity contribution in [3.8, 4) is 17.9 Å². The summed E-state index contributed by atoms with van der Waals surface area (Å²) in [6.45, 7) is 2.19. The highest BCUT2D eigenvalue weighted by Gasteiger charge is 2.06. The molecule has 0 aliphatic heterocycles. The summed E-state index contributed by atoms with van der Waals surface area (Å²) < 4.78 is 14.8. The topological polar surface area (TPSA) is 23.8 Å². The highest BCUT2D eigenvalue weighted by molar-refractivity contribution is 5.85. The Hall–Kier alpha value is -3.10. The van der Waals surface area contributed by atoms with Crippen molar-refractivity contribution in [1.82, 2.24) is 0 Å². The molecule has 0 heterocycles. The molecular weight excluding hydrogens is 321 g/mol. The average Bonchev–Trinajstić information content (AvgIpc) is 2.68. The van der Waals surface area contributed by atoms with Crippen LogP contribution in [0.5, 0.6) is 0 Å². The van der Waals surface area contributed by atoms with E-state index in [-0.39, 0.29) is 5.82 Å². The first-order chi connectivity index (χ1) is 12.7. The number of halogens is 1. The van der Waals surface area contributed by atoms with Gasteiger partial charge in [-0.05, 0) is 54.1 Å². The van der Waals surface area contributed by atoms with Gasteiger partial charge in [0.25, 0.3) is 0 Å². The molecule has 0 amide bonds. The van der Waals surface area contributed by atoms with Crippen LogP contribution in [0.4, 0.5) is 4.39 Å². The second kappa shape index (κ2) is 8.32. The van der Waals surface area contributed by atoms with Crippen molar-refractivity contribution in [2.24, 2.45) is 0 Å². The molecule has 3 aromatic rings. The predicted molar refractivity (Wildman–Crippen MR) is 104 cm³/mol. The second-order valence-electron chi connectivity index (χ2n) is 6.38. The third-order valence-electron chi connectivity index (χ3n) is 4.44. The number of hydrogen-bond acceptors (Lipinski definition) is 1. The third kappa shape index (κ3) is 4.11. The van der Waals surface area contributed by atoms with E-state index in [1.165, 1.54) is 24.8 Å². The first kappa shape index (κ1) is 17.7. The standard InChI is InChI=1S/C24H20FN/c1-2-3-4-5-19-11-15-23-22(16-19)14-13-21(24(23)25)12-10-18-6-8-20(17-26)9-7-18/h6-9,11,13-16H,2-5H2,1H3. The lowest BCUT2D eigenvalue weighted by Crippen LogP contribution is -1.90. The van der Waals surface area contributed by atoms with E-state index in [0.29, 0.717) is 16.5 Å². The fourth-order valence-corrected chi connectivity index (χ4v) is 2.94. The summed E-state index contributed by atoms with van der Waals surface area (Å²) in [5, 5.41) is 10.3. The van der Waals surface area contributed by atoms with Crippen LogP contribution in [-0.2, 0) is 6.42 Å². The number of benzene rings is 3. The van der Waals surface area contributed by atoms with Gasteiger partial charge in [-0.2, -0.15) is 5.26 Å². The van der Waals surface area contributed by atoms with E-state index in [2.05, 4.69) is 30.9 Å². The Balaban J connectivity index is 1.86. The molecule has 128 valence electrons. The summed E-state index contributed by atoms with van der Waals surface area (Å²) in [7, 11) is 0. The zero-order valence-corrected chi connectivity index (χ0v) is 14.8. The van der Waals surface area contributed by atoms with Crippen molar-refractivity contribution in [2.75, 3.05) is 0 Å². The highest BCUT2D eigenvalue weighted by atomic mass is 19.1. The number of rotatable bonds is 4. The first-order valence-electron chi connectivity index (χ1n) is 8.94. The number of unbranched alkanes of at least 4 members (excludes halogenated alkanes) is 2. The Labute approximate surface area is 154 Å². The molecule has 0 atom stereocenters. The summed E-state index contributed by atoms with van der Waals surface area (Å²) in [5.74, 6) is 5.60. The fourth-order valence-electron chi connectivity index (χ4n) is 2.94. The smallest absolute Gasteiger partial charge is 0.146 e. The predicted octanol–water partition coefficient (Wildman–Crippen LogP) is 5.98. The lowest BCUT2D eigenvalue weighted by atomic mass is 10.0. The zero-order valence-electron chi connectivity index (χ0n) is 14.8. The maximum atomic E-state index is 14.8. The minimum absolute atomic E-state index is 0.274. The monoisotopic (exact) mass is 341 g/mol. The molecule has 3 rings (SSSR count). The van der Waals surface area contributed by atoms with Gasteiger partial charge < -0.3 is 0 Å². The van der Waals surface area contributed by atoms with Crippen molar-refractivity contribution >= 4 is 10.8 Å². The molecule has 0 unspecified atom stereocenters. The van der Waals surface area contributed by atoms with E-state index in [1.54, 1.807) is 30.3 Å². The molecule has 0 fully saturated rings. The van der Waals surface area contributed by atoms with Crippen LogP contribution in [-0.4, -0.2) is 0 Å². The lowest BCUT2D eigenvalue weighted by Gasteiger charge is -2.06. The molecule has 0 bridgehead atoms. The highest BCUT2D eigenvalue weighted by Crippen LogP contribution is 2.23. The SMILES string of the molecule is CCCCCc1ccc2c(F)c(C#Cc3ccc(C#N)cc3)ccc2c1. The number of nitriles is 1. The van der Waals surface area contributed by atoms with Gasteiger partial charge in [-0.1, -0.05) is 55.9 Å². The molecule has 0 spiro atoms. The zero-order chi connectivity index (χ0) is 18.4. The Morgan fingerprint density at radius 3 is 2.38 bits per heavy atom. The molecule has 2 heteroatoms. The van der Waals surface area contributed by atoms with E-state index < -0.39 is 0 Å². The van der Waals surface area contributed by atoms with Gasteiger partial charge in [0.05, 0.1) is 17.2 Å². The van der Waals surface area contributed by atoms with Gasteiger partial charge in [0.2, 0.25) is 0 Å². The molecule has 0 aliphatic carbocycles. The van der Waals surface area contributed by atoms with Gasteiger partial charge >= 0.3 is 0 Å². The van der Waals surface area contributed by atoms with Crippen LogP contribution in [0.3, 0.4) is 0 Å². The fraction of sp³-hybridized carbons (Fsp3) is 0.208. The van der Waals surface area contributed by atoms with Gasteiger partial charge in [-0.25, -0.2) is 4.39 Å². The minimum Gasteiger partial charge on any atom is -0.205 e. The van der Waals surface area contributed by atoms with Gasteiger partial charge in [0.15, 0.2) is 0 Å². The van der Waals surface area contributed by atoms with Gasteiger partial charge in [0, 0.05) is 10.9 Å². The molecular formula is C24H20FN. The largest absolute Gasteiger partial charge is 0.205 e. The summed E-state index contributed by atoms with van der Waals surface area (Å²) >= 11 is 0. The van der Waals surface area contributed by atoms with Crippen LogP contribution in [0, 0.1) is 29.0 Å². The minimum atomic E-state index is -0.274. The Morgan fingerprint density at radius 2 is 1.65 bits per heavy atom. The second-order valence-corrected chi connectivity index (χ2v) is 6.38. The van der Waals surface area contributed by atoms with Crippen LogP contribution in [0.15, 0.2) is 54.6 Å². The van der Waals surface area contributed by atoms with Crippen LogP contribution < -0.4 is 0 Å². The normalized spacial score (nSPS) is 10.2. The van der Waals surface area contributed by atoms with Crippen molar-refractivity contribution in [3.63, 3.8) is 0 Å². The van der Waals surface area contributed by atoms with Crippen LogP contribution >= 0.6 is 0 Å². The molecule has 26 heavy (non-hydrogen) atoms. The quantitative estimate of drug-likeness (QED) is 0.423. The van der Waals surface area contributed by atoms with Crippen molar-refractivity contribution < 1.29 is 4.39 Å². The van der Waals surface area contributed by atoms with E-state index in [0.717, 1.165) is 17.4 Å². The molecule has 0 saturated carbocycles. The summed E-state index contributed by atoms with van der Waals surface area (Å²) in [4.78, 5) is 0. The van der Waals surface area contributed by atoms with Gasteiger partial charge in [-0.3, -0.25) is 0 Å². The van der Waals surface area contributed by atoms with Crippen molar-refractivity contribution in [2.45, 2.75) is 32.6 Å². The summed E-state index contributed by atoms with van der Waals surface area (Å²) in [5.41, 5.74) is 2.99. The van der Waals surface area contributed by atoms with Crippen molar-refractivity contribution in [3.05, 3.63) is 82.7 Å². The number of aryl methyl sites for hydroxylation is 1. The number of nitrogens with zero attached hydrogens (tertiary/aromatic N) is 1. The molecule has 1 nitrogen and oxygen atoms in total. The third-order valence-corrected chi connectivity index (χ3v) is 4.44. The maximum absolute atomic E-state index is 14.8. The van der Waals surface area contributed by atoms with Crippen LogP contribution in [0.25, 0.3) is 10.8 Å².